The minimum Gasteiger partial charge on any atom is -0.508 e. The number of aryl methyl sites for hydroxylation is 1. The minimum absolute atomic E-state index is 0.146. The summed E-state index contributed by atoms with van der Waals surface area (Å²) in [5.41, 5.74) is 6.24. The fourth-order valence-electron chi connectivity index (χ4n) is 3.86. The predicted octanol–water partition coefficient (Wildman–Crippen LogP) is 4.83. The molecule has 0 saturated carbocycles. The molecule has 5 rings (SSSR count). The Balaban J connectivity index is 1.37. The zero-order valence-corrected chi connectivity index (χ0v) is 18.6. The Morgan fingerprint density at radius 2 is 1.79 bits per heavy atom. The highest BCUT2D eigenvalue weighted by Gasteiger charge is 2.24. The smallest absolute Gasteiger partial charge is 0.261 e. The molecule has 0 fully saturated rings. The molecule has 2 aromatic carbocycles. The summed E-state index contributed by atoms with van der Waals surface area (Å²) in [7, 11) is 0. The first-order valence-electron chi connectivity index (χ1n) is 10.9. The van der Waals surface area contributed by atoms with Crippen molar-refractivity contribution in [3.05, 3.63) is 95.4 Å². The van der Waals surface area contributed by atoms with Gasteiger partial charge in [-0.2, -0.15) is 0 Å². The molecule has 4 aromatic rings. The molecule has 3 heterocycles. The molecule has 170 valence electrons. The number of phenolic OH excluding ortho intramolecular Hbond substituents is 1. The van der Waals surface area contributed by atoms with Crippen LogP contribution in [0.5, 0.6) is 5.75 Å². The van der Waals surface area contributed by atoms with Crippen LogP contribution >= 0.6 is 0 Å². The number of rotatable bonds is 6. The Labute approximate surface area is 197 Å². The van der Waals surface area contributed by atoms with E-state index >= 15 is 0 Å². The van der Waals surface area contributed by atoms with Crippen molar-refractivity contribution in [2.45, 2.75) is 20.0 Å². The van der Waals surface area contributed by atoms with Crippen molar-refractivity contribution < 1.29 is 9.90 Å². The number of amides is 1. The number of anilines is 5. The van der Waals surface area contributed by atoms with E-state index < -0.39 is 0 Å². The summed E-state index contributed by atoms with van der Waals surface area (Å²) >= 11 is 0. The third-order valence-corrected chi connectivity index (χ3v) is 5.63. The van der Waals surface area contributed by atoms with E-state index in [1.807, 2.05) is 49.5 Å². The monoisotopic (exact) mass is 452 g/mol. The van der Waals surface area contributed by atoms with Gasteiger partial charge in [0.05, 0.1) is 17.1 Å². The molecule has 8 heteroatoms. The van der Waals surface area contributed by atoms with Gasteiger partial charge in [0.25, 0.3) is 5.91 Å². The zero-order chi connectivity index (χ0) is 23.5. The van der Waals surface area contributed by atoms with Gasteiger partial charge in [-0.1, -0.05) is 18.2 Å². The predicted molar refractivity (Wildman–Crippen MR) is 133 cm³/mol. The van der Waals surface area contributed by atoms with Crippen molar-refractivity contribution in [3.63, 3.8) is 0 Å². The maximum Gasteiger partial charge on any atom is 0.261 e. The van der Waals surface area contributed by atoms with Crippen LogP contribution in [0.1, 0.15) is 27.0 Å². The third-order valence-electron chi connectivity index (χ3n) is 5.63. The van der Waals surface area contributed by atoms with Crippen molar-refractivity contribution in [1.29, 1.82) is 0 Å². The van der Waals surface area contributed by atoms with Crippen LogP contribution in [-0.2, 0) is 13.1 Å². The molecule has 0 unspecified atom stereocenters. The van der Waals surface area contributed by atoms with Crippen LogP contribution in [-0.4, -0.2) is 21.0 Å². The summed E-state index contributed by atoms with van der Waals surface area (Å²) in [6, 6.07) is 16.7. The van der Waals surface area contributed by atoms with E-state index in [0.717, 1.165) is 22.4 Å². The first-order valence-corrected chi connectivity index (χ1v) is 10.9. The molecule has 0 bridgehead atoms. The number of benzene rings is 2. The molecular weight excluding hydrogens is 428 g/mol. The molecule has 0 radical (unpaired) electrons. The van der Waals surface area contributed by atoms with E-state index in [4.69, 9.17) is 0 Å². The standard InChI is InChI=1S/C26H24N6O2/c1-16-4-6-19(33)12-22(16)30-21-8-10-29-25-24(21)26(34)32-23-11-17(5-7-20(23)31-25)13-28-15-18-3-2-9-27-14-18/h2-12,14,28,33H,13,15H2,1H3,(H,32,34)(H2,29,30,31). The van der Waals surface area contributed by atoms with Gasteiger partial charge < -0.3 is 26.4 Å². The van der Waals surface area contributed by atoms with Crippen molar-refractivity contribution in [2.75, 3.05) is 16.0 Å². The van der Waals surface area contributed by atoms with Gasteiger partial charge in [-0.15, -0.1) is 0 Å². The van der Waals surface area contributed by atoms with Crippen molar-refractivity contribution in [1.82, 2.24) is 15.3 Å². The first-order chi connectivity index (χ1) is 16.6. The summed E-state index contributed by atoms with van der Waals surface area (Å²) < 4.78 is 0. The highest BCUT2D eigenvalue weighted by atomic mass is 16.3. The molecule has 5 N–H and O–H groups in total. The second kappa shape index (κ2) is 9.21. The lowest BCUT2D eigenvalue weighted by atomic mass is 10.1. The number of carbonyl (C=O) groups excluding carboxylic acids is 1. The van der Waals surface area contributed by atoms with Crippen LogP contribution in [0.15, 0.2) is 73.2 Å². The largest absolute Gasteiger partial charge is 0.508 e. The minimum atomic E-state index is -0.268. The van der Waals surface area contributed by atoms with Crippen LogP contribution in [0.25, 0.3) is 0 Å². The molecule has 0 atom stereocenters. The number of hydrogen-bond acceptors (Lipinski definition) is 7. The number of carbonyl (C=O) groups is 1. The number of nitrogens with one attached hydrogen (secondary N) is 4. The van der Waals surface area contributed by atoms with Crippen molar-refractivity contribution in [3.8, 4) is 5.75 Å². The molecule has 1 aliphatic rings. The fourth-order valence-corrected chi connectivity index (χ4v) is 3.86. The highest BCUT2D eigenvalue weighted by Crippen LogP contribution is 2.36. The maximum absolute atomic E-state index is 13.2. The van der Waals surface area contributed by atoms with Gasteiger partial charge in [0, 0.05) is 43.4 Å². The summed E-state index contributed by atoms with van der Waals surface area (Å²) in [4.78, 5) is 21.8. The first kappa shape index (κ1) is 21.4. The quantitative estimate of drug-likeness (QED) is 0.285. The van der Waals surface area contributed by atoms with Gasteiger partial charge in [0.15, 0.2) is 0 Å². The van der Waals surface area contributed by atoms with E-state index in [1.54, 1.807) is 30.6 Å². The molecule has 2 aromatic heterocycles. The Morgan fingerprint density at radius 1 is 0.912 bits per heavy atom. The lowest BCUT2D eigenvalue weighted by molar-refractivity contribution is 0.102. The van der Waals surface area contributed by atoms with E-state index in [2.05, 4.69) is 31.2 Å². The number of pyridine rings is 2. The molecular formula is C26H24N6O2. The number of hydrogen-bond donors (Lipinski definition) is 5. The molecule has 1 amide bonds. The fraction of sp³-hybridized carbons (Fsp3) is 0.115. The molecule has 34 heavy (non-hydrogen) atoms. The summed E-state index contributed by atoms with van der Waals surface area (Å²) in [6.45, 7) is 3.28. The van der Waals surface area contributed by atoms with Crippen molar-refractivity contribution in [2.24, 2.45) is 0 Å². The molecule has 0 spiro atoms. The van der Waals surface area contributed by atoms with Crippen LogP contribution < -0.4 is 21.3 Å². The summed E-state index contributed by atoms with van der Waals surface area (Å²) in [5.74, 6) is 0.338. The summed E-state index contributed by atoms with van der Waals surface area (Å²) in [6.07, 6.45) is 5.23. The average Bonchev–Trinajstić information content (AvgIpc) is 2.98. The average molecular weight is 453 g/mol. The number of aromatic hydroxyl groups is 1. The molecule has 8 nitrogen and oxygen atoms in total. The number of aromatic nitrogens is 2. The van der Waals surface area contributed by atoms with Crippen molar-refractivity contribution >= 4 is 34.5 Å². The van der Waals surface area contributed by atoms with E-state index in [1.165, 1.54) is 0 Å². The van der Waals surface area contributed by atoms with Gasteiger partial charge in [-0.05, 0) is 53.9 Å². The SMILES string of the molecule is Cc1ccc(O)cc1Nc1ccnc2c1C(=O)Nc1cc(CNCc3cccnc3)ccc1N2. The normalized spacial score (nSPS) is 12.1. The zero-order valence-electron chi connectivity index (χ0n) is 18.6. The molecule has 1 aliphatic heterocycles. The topological polar surface area (TPSA) is 111 Å². The van der Waals surface area contributed by atoms with Gasteiger partial charge in [0.1, 0.15) is 17.1 Å². The Kier molecular flexibility index (Phi) is 5.80. The number of phenols is 1. The number of nitrogens with zero attached hydrogens (tertiary/aromatic N) is 2. The van der Waals surface area contributed by atoms with Gasteiger partial charge in [-0.3, -0.25) is 9.78 Å². The number of fused-ring (bicyclic) bond motifs is 2. The third kappa shape index (κ3) is 4.53. The van der Waals surface area contributed by atoms with Crippen LogP contribution in [0.2, 0.25) is 0 Å². The molecule has 0 aliphatic carbocycles. The lowest BCUT2D eigenvalue weighted by Gasteiger charge is -2.14. The molecule has 0 saturated heterocycles. The van der Waals surface area contributed by atoms with Crippen LogP contribution in [0, 0.1) is 6.92 Å². The Bertz CT molecular complexity index is 1360. The highest BCUT2D eigenvalue weighted by molar-refractivity contribution is 6.15. The Hall–Kier alpha value is -4.43. The second-order valence-corrected chi connectivity index (χ2v) is 8.13. The van der Waals surface area contributed by atoms with E-state index in [0.29, 0.717) is 41.5 Å². The maximum atomic E-state index is 13.2. The van der Waals surface area contributed by atoms with Gasteiger partial charge in [0.2, 0.25) is 0 Å². The van der Waals surface area contributed by atoms with Crippen LogP contribution in [0.3, 0.4) is 0 Å². The second-order valence-electron chi connectivity index (χ2n) is 8.13. The van der Waals surface area contributed by atoms with E-state index in [9.17, 15) is 9.90 Å². The lowest BCUT2D eigenvalue weighted by Crippen LogP contribution is -2.15. The Morgan fingerprint density at radius 3 is 2.65 bits per heavy atom. The van der Waals surface area contributed by atoms with E-state index in [-0.39, 0.29) is 11.7 Å². The van der Waals surface area contributed by atoms with Gasteiger partial charge in [-0.25, -0.2) is 4.98 Å². The van der Waals surface area contributed by atoms with Crippen LogP contribution in [0.4, 0.5) is 28.6 Å². The van der Waals surface area contributed by atoms with Gasteiger partial charge >= 0.3 is 0 Å². The summed E-state index contributed by atoms with van der Waals surface area (Å²) in [5, 5.41) is 22.8.